The van der Waals surface area contributed by atoms with Gasteiger partial charge in [-0.05, 0) is 38.5 Å². The minimum Gasteiger partial charge on any atom is -0.494 e. The van der Waals surface area contributed by atoms with Crippen LogP contribution >= 0.6 is 0 Å². The van der Waals surface area contributed by atoms with Crippen LogP contribution in [0.5, 0.6) is 5.75 Å². The summed E-state index contributed by atoms with van der Waals surface area (Å²) in [7, 11) is -1.99. The van der Waals surface area contributed by atoms with E-state index < -0.39 is 10.0 Å². The van der Waals surface area contributed by atoms with Crippen molar-refractivity contribution in [2.75, 3.05) is 20.3 Å². The number of nitrogens with one attached hydrogen (secondary N) is 1. The smallest absolute Gasteiger partial charge is 0.240 e. The molecule has 21 heavy (non-hydrogen) atoms. The van der Waals surface area contributed by atoms with E-state index >= 15 is 0 Å². The molecule has 1 unspecified atom stereocenters. The predicted octanol–water partition coefficient (Wildman–Crippen LogP) is 1.25. The molecule has 3 N–H and O–H groups in total. The van der Waals surface area contributed by atoms with Crippen LogP contribution in [0.4, 0.5) is 0 Å². The van der Waals surface area contributed by atoms with Crippen LogP contribution in [0.2, 0.25) is 0 Å². The molecule has 1 atom stereocenters. The molecule has 0 heterocycles. The third-order valence-electron chi connectivity index (χ3n) is 2.97. The topological polar surface area (TPSA) is 90.7 Å². The van der Waals surface area contributed by atoms with Gasteiger partial charge in [-0.25, -0.2) is 13.1 Å². The van der Waals surface area contributed by atoms with E-state index in [4.69, 9.17) is 15.2 Å². The number of hydrogen-bond acceptors (Lipinski definition) is 5. The van der Waals surface area contributed by atoms with E-state index in [0.29, 0.717) is 30.9 Å². The van der Waals surface area contributed by atoms with E-state index in [-0.39, 0.29) is 17.5 Å². The van der Waals surface area contributed by atoms with Crippen molar-refractivity contribution in [3.8, 4) is 5.75 Å². The number of sulfonamides is 1. The summed E-state index contributed by atoms with van der Waals surface area (Å²) < 4.78 is 37.6. The van der Waals surface area contributed by atoms with Crippen molar-refractivity contribution in [3.63, 3.8) is 0 Å². The summed E-state index contributed by atoms with van der Waals surface area (Å²) in [5.41, 5.74) is 6.32. The Morgan fingerprint density at radius 3 is 2.67 bits per heavy atom. The molecular formula is C14H24N2O4S. The molecule has 0 aliphatic heterocycles. The summed E-state index contributed by atoms with van der Waals surface area (Å²) in [6, 6.07) is 4.51. The second kappa shape index (κ2) is 8.33. The standard InChI is InChI=1S/C14H24N2O4S/c1-4-20-14-6-5-13(9-12(14)10-15)21(17,18)16-11(2)7-8-19-3/h5-6,9,11,16H,4,7-8,10,15H2,1-3H3. The molecule has 0 bridgehead atoms. The van der Waals surface area contributed by atoms with Crippen molar-refractivity contribution in [1.29, 1.82) is 0 Å². The van der Waals surface area contributed by atoms with Crippen LogP contribution < -0.4 is 15.2 Å². The van der Waals surface area contributed by atoms with Crippen LogP contribution in [0.25, 0.3) is 0 Å². The van der Waals surface area contributed by atoms with Crippen LogP contribution in [-0.4, -0.2) is 34.8 Å². The largest absolute Gasteiger partial charge is 0.494 e. The average molecular weight is 316 g/mol. The lowest BCUT2D eigenvalue weighted by Crippen LogP contribution is -2.33. The minimum absolute atomic E-state index is 0.190. The SMILES string of the molecule is CCOc1ccc(S(=O)(=O)NC(C)CCOC)cc1CN. The Morgan fingerprint density at radius 1 is 1.38 bits per heavy atom. The second-order valence-corrected chi connectivity index (χ2v) is 6.42. The summed E-state index contributed by atoms with van der Waals surface area (Å²) >= 11 is 0. The van der Waals surface area contributed by atoms with Gasteiger partial charge in [-0.1, -0.05) is 0 Å². The van der Waals surface area contributed by atoms with Gasteiger partial charge in [0.05, 0.1) is 11.5 Å². The highest BCUT2D eigenvalue weighted by Crippen LogP contribution is 2.22. The van der Waals surface area contributed by atoms with Crippen molar-refractivity contribution in [2.24, 2.45) is 5.73 Å². The van der Waals surface area contributed by atoms with Crippen molar-refractivity contribution < 1.29 is 17.9 Å². The zero-order valence-electron chi connectivity index (χ0n) is 12.8. The van der Waals surface area contributed by atoms with Gasteiger partial charge < -0.3 is 15.2 Å². The fraction of sp³-hybridized carbons (Fsp3) is 0.571. The molecule has 120 valence electrons. The Labute approximate surface area is 126 Å². The molecule has 0 saturated heterocycles. The summed E-state index contributed by atoms with van der Waals surface area (Å²) in [6.45, 7) is 4.89. The normalized spacial score (nSPS) is 13.1. The van der Waals surface area contributed by atoms with Gasteiger partial charge in [0.1, 0.15) is 5.75 Å². The Kier molecular flexibility index (Phi) is 7.10. The fourth-order valence-corrected chi connectivity index (χ4v) is 3.19. The number of nitrogens with two attached hydrogens (primary N) is 1. The van der Waals surface area contributed by atoms with Gasteiger partial charge in [0.15, 0.2) is 0 Å². The molecule has 1 aromatic carbocycles. The molecule has 0 fully saturated rings. The maximum atomic E-state index is 12.3. The predicted molar refractivity (Wildman–Crippen MR) is 81.8 cm³/mol. The molecule has 0 spiro atoms. The summed E-state index contributed by atoms with van der Waals surface area (Å²) in [6.07, 6.45) is 0.608. The first kappa shape index (κ1) is 17.9. The fourth-order valence-electron chi connectivity index (χ4n) is 1.87. The quantitative estimate of drug-likeness (QED) is 0.715. The van der Waals surface area contributed by atoms with Crippen LogP contribution in [0.1, 0.15) is 25.8 Å². The Hall–Kier alpha value is -1.15. The van der Waals surface area contributed by atoms with Crippen molar-refractivity contribution in [2.45, 2.75) is 37.8 Å². The van der Waals surface area contributed by atoms with E-state index in [2.05, 4.69) is 4.72 Å². The molecule has 0 amide bonds. The molecule has 1 aromatic rings. The maximum Gasteiger partial charge on any atom is 0.240 e. The van der Waals surface area contributed by atoms with Gasteiger partial charge in [0.2, 0.25) is 10.0 Å². The van der Waals surface area contributed by atoms with E-state index in [0.717, 1.165) is 0 Å². The Balaban J connectivity index is 2.92. The molecule has 0 aliphatic carbocycles. The van der Waals surface area contributed by atoms with E-state index in [1.54, 1.807) is 26.2 Å². The third-order valence-corrected chi connectivity index (χ3v) is 4.56. The Morgan fingerprint density at radius 2 is 2.10 bits per heavy atom. The zero-order valence-corrected chi connectivity index (χ0v) is 13.6. The lowest BCUT2D eigenvalue weighted by Gasteiger charge is -2.15. The van der Waals surface area contributed by atoms with Gasteiger partial charge in [-0.2, -0.15) is 0 Å². The number of benzene rings is 1. The monoisotopic (exact) mass is 316 g/mol. The number of hydrogen-bond donors (Lipinski definition) is 2. The number of ether oxygens (including phenoxy) is 2. The molecule has 0 aliphatic rings. The van der Waals surface area contributed by atoms with Gasteiger partial charge in [-0.3, -0.25) is 0 Å². The number of methoxy groups -OCH3 is 1. The summed E-state index contributed by atoms with van der Waals surface area (Å²) in [5, 5.41) is 0. The molecular weight excluding hydrogens is 292 g/mol. The second-order valence-electron chi connectivity index (χ2n) is 4.71. The van der Waals surface area contributed by atoms with Crippen LogP contribution in [-0.2, 0) is 21.3 Å². The van der Waals surface area contributed by atoms with Crippen LogP contribution in [0, 0.1) is 0 Å². The summed E-state index contributed by atoms with van der Waals surface area (Å²) in [4.78, 5) is 0.190. The van der Waals surface area contributed by atoms with Crippen LogP contribution in [0.3, 0.4) is 0 Å². The number of rotatable bonds is 9. The molecule has 0 aromatic heterocycles. The first-order chi connectivity index (χ1) is 9.94. The molecule has 6 nitrogen and oxygen atoms in total. The highest BCUT2D eigenvalue weighted by molar-refractivity contribution is 7.89. The van der Waals surface area contributed by atoms with Crippen molar-refractivity contribution >= 4 is 10.0 Å². The third kappa shape index (κ3) is 5.28. The molecule has 1 rings (SSSR count). The maximum absolute atomic E-state index is 12.3. The summed E-state index contributed by atoms with van der Waals surface area (Å²) in [5.74, 6) is 0.617. The molecule has 0 radical (unpaired) electrons. The van der Waals surface area contributed by atoms with E-state index in [1.807, 2.05) is 6.92 Å². The highest BCUT2D eigenvalue weighted by atomic mass is 32.2. The minimum atomic E-state index is -3.57. The first-order valence-electron chi connectivity index (χ1n) is 6.91. The van der Waals surface area contributed by atoms with Crippen molar-refractivity contribution in [1.82, 2.24) is 4.72 Å². The first-order valence-corrected chi connectivity index (χ1v) is 8.40. The average Bonchev–Trinajstić information content (AvgIpc) is 2.45. The molecule has 7 heteroatoms. The van der Waals surface area contributed by atoms with Gasteiger partial charge in [0, 0.05) is 31.9 Å². The van der Waals surface area contributed by atoms with E-state index in [9.17, 15) is 8.42 Å². The lowest BCUT2D eigenvalue weighted by atomic mass is 10.2. The van der Waals surface area contributed by atoms with Gasteiger partial charge >= 0.3 is 0 Å². The lowest BCUT2D eigenvalue weighted by molar-refractivity contribution is 0.188. The Bertz CT molecular complexity index is 546. The molecule has 0 saturated carbocycles. The zero-order chi connectivity index (χ0) is 15.9. The van der Waals surface area contributed by atoms with Gasteiger partial charge in [0.25, 0.3) is 0 Å². The highest BCUT2D eigenvalue weighted by Gasteiger charge is 2.18. The van der Waals surface area contributed by atoms with Crippen LogP contribution in [0.15, 0.2) is 23.1 Å². The van der Waals surface area contributed by atoms with Crippen molar-refractivity contribution in [3.05, 3.63) is 23.8 Å². The van der Waals surface area contributed by atoms with Gasteiger partial charge in [-0.15, -0.1) is 0 Å². The van der Waals surface area contributed by atoms with E-state index in [1.165, 1.54) is 6.07 Å².